The number of methoxy groups -OCH3 is 1. The summed E-state index contributed by atoms with van der Waals surface area (Å²) >= 11 is 5.95. The third-order valence-corrected chi connectivity index (χ3v) is 6.14. The molecule has 0 aromatic heterocycles. The van der Waals surface area contributed by atoms with E-state index in [0.29, 0.717) is 30.2 Å². The first-order valence-electron chi connectivity index (χ1n) is 12.0. The van der Waals surface area contributed by atoms with Crippen LogP contribution in [0.15, 0.2) is 18.2 Å². The number of unbranched alkanes of at least 4 members (excludes halogenated alkanes) is 1. The Morgan fingerprint density at radius 1 is 1.12 bits per heavy atom. The summed E-state index contributed by atoms with van der Waals surface area (Å²) < 4.78 is 11.3. The molecule has 1 aliphatic rings. The number of halogens is 1. The average Bonchev–Trinajstić information content (AvgIpc) is 3.08. The van der Waals surface area contributed by atoms with Gasteiger partial charge in [-0.05, 0) is 43.4 Å². The number of amides is 2. The SMILES string of the molecule is CCCCN(C(=O)CCl)[C@@H](C(=O)NC1CCCCCC1)c1ccc(OCCC)c(OC)c1. The van der Waals surface area contributed by atoms with E-state index in [9.17, 15) is 9.59 Å². The number of alkyl halides is 1. The molecule has 0 bridgehead atoms. The van der Waals surface area contributed by atoms with Crippen molar-refractivity contribution in [2.75, 3.05) is 26.1 Å². The zero-order valence-electron chi connectivity index (χ0n) is 19.8. The van der Waals surface area contributed by atoms with Gasteiger partial charge in [0, 0.05) is 12.6 Å². The third kappa shape index (κ3) is 7.58. The van der Waals surface area contributed by atoms with Crippen LogP contribution in [0.1, 0.15) is 83.2 Å². The summed E-state index contributed by atoms with van der Waals surface area (Å²) in [5.41, 5.74) is 0.700. The molecule has 0 unspecified atom stereocenters. The van der Waals surface area contributed by atoms with Gasteiger partial charge in [-0.1, -0.05) is 52.0 Å². The molecule has 32 heavy (non-hydrogen) atoms. The number of ether oxygens (including phenoxy) is 2. The molecule has 1 fully saturated rings. The largest absolute Gasteiger partial charge is 0.493 e. The van der Waals surface area contributed by atoms with Crippen molar-refractivity contribution in [1.29, 1.82) is 0 Å². The van der Waals surface area contributed by atoms with Crippen LogP contribution in [0, 0.1) is 0 Å². The molecule has 1 aromatic rings. The molecule has 1 saturated carbocycles. The maximum atomic E-state index is 13.6. The molecular weight excluding hydrogens is 428 g/mol. The normalized spacial score (nSPS) is 15.5. The highest BCUT2D eigenvalue weighted by Gasteiger charge is 2.32. The molecule has 1 atom stereocenters. The van der Waals surface area contributed by atoms with Crippen LogP contribution < -0.4 is 14.8 Å². The van der Waals surface area contributed by atoms with Crippen molar-refractivity contribution in [2.45, 2.75) is 83.7 Å². The zero-order valence-corrected chi connectivity index (χ0v) is 20.6. The van der Waals surface area contributed by atoms with E-state index in [1.54, 1.807) is 12.0 Å². The van der Waals surface area contributed by atoms with Gasteiger partial charge < -0.3 is 19.7 Å². The lowest BCUT2D eigenvalue weighted by Crippen LogP contribution is -2.47. The maximum Gasteiger partial charge on any atom is 0.247 e. The van der Waals surface area contributed by atoms with Gasteiger partial charge in [-0.3, -0.25) is 9.59 Å². The second kappa shape index (κ2) is 14.2. The predicted octanol–water partition coefficient (Wildman–Crippen LogP) is 5.23. The first-order chi connectivity index (χ1) is 15.5. The minimum absolute atomic E-state index is 0.140. The number of nitrogens with zero attached hydrogens (tertiary/aromatic N) is 1. The van der Waals surface area contributed by atoms with Crippen LogP contribution in [-0.4, -0.2) is 48.9 Å². The predicted molar refractivity (Wildman–Crippen MR) is 128 cm³/mol. The fraction of sp³-hybridized carbons (Fsp3) is 0.680. The van der Waals surface area contributed by atoms with E-state index in [4.69, 9.17) is 21.1 Å². The van der Waals surface area contributed by atoms with E-state index < -0.39 is 6.04 Å². The van der Waals surface area contributed by atoms with Gasteiger partial charge in [-0.15, -0.1) is 11.6 Å². The summed E-state index contributed by atoms with van der Waals surface area (Å²) in [5, 5.41) is 3.23. The Morgan fingerprint density at radius 2 is 1.84 bits per heavy atom. The lowest BCUT2D eigenvalue weighted by atomic mass is 10.0. The van der Waals surface area contributed by atoms with Crippen molar-refractivity contribution in [1.82, 2.24) is 10.2 Å². The molecule has 180 valence electrons. The smallest absolute Gasteiger partial charge is 0.247 e. The molecule has 0 heterocycles. The lowest BCUT2D eigenvalue weighted by Gasteiger charge is -2.32. The number of hydrogen-bond donors (Lipinski definition) is 1. The molecular formula is C25H39ClN2O4. The molecule has 6 nitrogen and oxygen atoms in total. The number of carbonyl (C=O) groups is 2. The van der Waals surface area contributed by atoms with E-state index in [-0.39, 0.29) is 23.7 Å². The average molecular weight is 467 g/mol. The molecule has 1 N–H and O–H groups in total. The maximum absolute atomic E-state index is 13.6. The second-order valence-corrected chi connectivity index (χ2v) is 8.70. The number of hydrogen-bond acceptors (Lipinski definition) is 4. The Kier molecular flexibility index (Phi) is 11.7. The first-order valence-corrected chi connectivity index (χ1v) is 12.6. The van der Waals surface area contributed by atoms with Gasteiger partial charge >= 0.3 is 0 Å². The van der Waals surface area contributed by atoms with E-state index in [1.807, 2.05) is 25.1 Å². The van der Waals surface area contributed by atoms with Crippen LogP contribution in [0.4, 0.5) is 0 Å². The first kappa shape index (κ1) is 26.3. The fourth-order valence-corrected chi connectivity index (χ4v) is 4.32. The Hall–Kier alpha value is -1.95. The van der Waals surface area contributed by atoms with Crippen LogP contribution in [-0.2, 0) is 9.59 Å². The van der Waals surface area contributed by atoms with Crippen molar-refractivity contribution >= 4 is 23.4 Å². The molecule has 0 radical (unpaired) electrons. The molecule has 2 rings (SSSR count). The van der Waals surface area contributed by atoms with Gasteiger partial charge in [0.1, 0.15) is 11.9 Å². The Labute approximate surface area is 198 Å². The van der Waals surface area contributed by atoms with Gasteiger partial charge in [-0.25, -0.2) is 0 Å². The highest BCUT2D eigenvalue weighted by Crippen LogP contribution is 2.33. The Balaban J connectivity index is 2.39. The molecule has 0 saturated heterocycles. The molecule has 1 aliphatic carbocycles. The quantitative estimate of drug-likeness (QED) is 0.338. The fourth-order valence-electron chi connectivity index (χ4n) is 4.17. The molecule has 7 heteroatoms. The van der Waals surface area contributed by atoms with Gasteiger partial charge in [0.05, 0.1) is 13.7 Å². The van der Waals surface area contributed by atoms with Crippen molar-refractivity contribution in [2.24, 2.45) is 0 Å². The minimum atomic E-state index is -0.759. The van der Waals surface area contributed by atoms with Crippen LogP contribution in [0.5, 0.6) is 11.5 Å². The van der Waals surface area contributed by atoms with Gasteiger partial charge in [0.2, 0.25) is 11.8 Å². The molecule has 2 amide bonds. The van der Waals surface area contributed by atoms with E-state index >= 15 is 0 Å². The molecule has 0 aliphatic heterocycles. The Morgan fingerprint density at radius 3 is 2.44 bits per heavy atom. The minimum Gasteiger partial charge on any atom is -0.493 e. The number of nitrogens with one attached hydrogen (secondary N) is 1. The van der Waals surface area contributed by atoms with Gasteiger partial charge in [-0.2, -0.15) is 0 Å². The standard InChI is InChI=1S/C25H39ClN2O4/c1-4-6-15-28(23(29)18-26)24(25(30)27-20-11-9-7-8-10-12-20)19-13-14-21(32-16-5-2)22(17-19)31-3/h13-14,17,20,24H,4-12,15-16,18H2,1-3H3,(H,27,30)/t24-/m1/s1. The summed E-state index contributed by atoms with van der Waals surface area (Å²) in [6, 6.07) is 4.86. The monoisotopic (exact) mass is 466 g/mol. The topological polar surface area (TPSA) is 67.9 Å². The van der Waals surface area contributed by atoms with Crippen molar-refractivity contribution < 1.29 is 19.1 Å². The zero-order chi connectivity index (χ0) is 23.3. The lowest BCUT2D eigenvalue weighted by molar-refractivity contribution is -0.139. The summed E-state index contributed by atoms with van der Waals surface area (Å²) in [5.74, 6) is 0.620. The molecule has 0 spiro atoms. The summed E-state index contributed by atoms with van der Waals surface area (Å²) in [6.07, 6.45) is 9.19. The summed E-state index contributed by atoms with van der Waals surface area (Å²) in [7, 11) is 1.58. The van der Waals surface area contributed by atoms with Crippen LogP contribution in [0.3, 0.4) is 0 Å². The van der Waals surface area contributed by atoms with Gasteiger partial charge in [0.25, 0.3) is 0 Å². The number of benzene rings is 1. The van der Waals surface area contributed by atoms with E-state index in [2.05, 4.69) is 12.2 Å². The van der Waals surface area contributed by atoms with Gasteiger partial charge in [0.15, 0.2) is 11.5 Å². The third-order valence-electron chi connectivity index (χ3n) is 5.91. The van der Waals surface area contributed by atoms with Crippen LogP contribution in [0.2, 0.25) is 0 Å². The molecule has 1 aromatic carbocycles. The highest BCUT2D eigenvalue weighted by atomic mass is 35.5. The van der Waals surface area contributed by atoms with Crippen molar-refractivity contribution in [3.8, 4) is 11.5 Å². The number of carbonyl (C=O) groups excluding carboxylic acids is 2. The van der Waals surface area contributed by atoms with Crippen LogP contribution >= 0.6 is 11.6 Å². The number of rotatable bonds is 12. The van der Waals surface area contributed by atoms with E-state index in [0.717, 1.165) is 44.9 Å². The highest BCUT2D eigenvalue weighted by molar-refractivity contribution is 6.27. The van der Waals surface area contributed by atoms with Crippen LogP contribution in [0.25, 0.3) is 0 Å². The van der Waals surface area contributed by atoms with E-state index in [1.165, 1.54) is 12.8 Å². The second-order valence-electron chi connectivity index (χ2n) is 8.43. The Bertz CT molecular complexity index is 720. The van der Waals surface area contributed by atoms with Crippen molar-refractivity contribution in [3.63, 3.8) is 0 Å². The summed E-state index contributed by atoms with van der Waals surface area (Å²) in [6.45, 7) is 5.15. The van der Waals surface area contributed by atoms with Crippen molar-refractivity contribution in [3.05, 3.63) is 23.8 Å². The summed E-state index contributed by atoms with van der Waals surface area (Å²) in [4.78, 5) is 28.0.